The second-order valence-electron chi connectivity index (χ2n) is 7.30. The van der Waals surface area contributed by atoms with E-state index in [-0.39, 0.29) is 11.5 Å². The molecule has 2 aromatic rings. The molecular formula is C22H34N8O10S. The minimum Gasteiger partial charge on any atom is -0.504 e. The first kappa shape index (κ1) is 36.7. The van der Waals surface area contributed by atoms with Gasteiger partial charge in [0.05, 0.1) is 14.2 Å². The Morgan fingerprint density at radius 1 is 0.756 bits per heavy atom. The molecule has 16 N–H and O–H groups in total. The first-order chi connectivity index (χ1) is 19.0. The second kappa shape index (κ2) is 18.9. The van der Waals surface area contributed by atoms with Gasteiger partial charge in [0.2, 0.25) is 0 Å². The summed E-state index contributed by atoms with van der Waals surface area (Å²) in [5, 5.41) is 18.8. The quantitative estimate of drug-likeness (QED) is 0.0595. The number of carbonyl (C=O) groups excluding carboxylic acids is 2. The number of phenols is 2. The molecule has 41 heavy (non-hydrogen) atoms. The summed E-state index contributed by atoms with van der Waals surface area (Å²) in [4.78, 5) is 22.6. The molecule has 2 amide bonds. The van der Waals surface area contributed by atoms with Gasteiger partial charge in [-0.05, 0) is 47.5 Å². The van der Waals surface area contributed by atoms with Crippen molar-refractivity contribution in [3.8, 4) is 23.0 Å². The van der Waals surface area contributed by atoms with Gasteiger partial charge in [-0.3, -0.25) is 29.5 Å². The van der Waals surface area contributed by atoms with Crippen molar-refractivity contribution >= 4 is 34.4 Å². The average molecular weight is 603 g/mol. The molecule has 0 saturated heterocycles. The van der Waals surface area contributed by atoms with Crippen LogP contribution in [0.5, 0.6) is 23.0 Å². The molecule has 0 aromatic heterocycles. The number of hydrogen-bond acceptors (Lipinski definition) is 14. The van der Waals surface area contributed by atoms with Gasteiger partial charge < -0.3 is 42.6 Å². The van der Waals surface area contributed by atoms with Crippen molar-refractivity contribution in [3.63, 3.8) is 0 Å². The fraction of sp³-hybridized carbons (Fsp3) is 0.182. The van der Waals surface area contributed by atoms with E-state index in [1.165, 1.54) is 38.5 Å². The lowest BCUT2D eigenvalue weighted by Gasteiger charge is -2.07. The van der Waals surface area contributed by atoms with Gasteiger partial charge in [-0.2, -0.15) is 8.42 Å². The maximum Gasteiger partial charge on any atom is 0.394 e. The summed E-state index contributed by atoms with van der Waals surface area (Å²) in [6, 6.07) is 9.44. The van der Waals surface area contributed by atoms with Crippen LogP contribution >= 0.6 is 0 Å². The van der Waals surface area contributed by atoms with Crippen molar-refractivity contribution < 1.29 is 46.8 Å². The number of aromatic hydroxyl groups is 2. The number of nitrogens with two attached hydrogens (primary N) is 4. The summed E-state index contributed by atoms with van der Waals surface area (Å²) < 4.78 is 41.5. The number of hydrogen-bond donors (Lipinski definition) is 12. The summed E-state index contributed by atoms with van der Waals surface area (Å²) >= 11 is 0. The summed E-state index contributed by atoms with van der Waals surface area (Å²) in [6.45, 7) is 0. The van der Waals surface area contributed by atoms with Gasteiger partial charge in [-0.1, -0.05) is 12.1 Å². The number of hydrazine groups is 2. The molecule has 0 radical (unpaired) electrons. The first-order valence-corrected chi connectivity index (χ1v) is 12.4. The largest absolute Gasteiger partial charge is 0.504 e. The van der Waals surface area contributed by atoms with Gasteiger partial charge in [0.25, 0.3) is 11.8 Å². The zero-order valence-corrected chi connectivity index (χ0v) is 22.7. The normalized spacial score (nSPS) is 11.0. The molecule has 0 heterocycles. The molecule has 2 rings (SSSR count). The molecule has 0 aliphatic heterocycles. The van der Waals surface area contributed by atoms with Crippen LogP contribution in [0.3, 0.4) is 0 Å². The van der Waals surface area contributed by atoms with Crippen molar-refractivity contribution in [1.82, 2.24) is 21.7 Å². The third-order valence-electron chi connectivity index (χ3n) is 3.99. The molecule has 0 aliphatic carbocycles. The lowest BCUT2D eigenvalue weighted by Crippen LogP contribution is -2.53. The molecule has 0 aliphatic rings. The van der Waals surface area contributed by atoms with E-state index < -0.39 is 34.8 Å². The number of carbonyl (C=O) groups is 2. The summed E-state index contributed by atoms with van der Waals surface area (Å²) in [5.74, 6) is -0.0602. The Hall–Kier alpha value is -4.31. The topological polar surface area (TPSA) is 320 Å². The van der Waals surface area contributed by atoms with E-state index in [0.29, 0.717) is 22.6 Å². The number of rotatable bonds is 10. The lowest BCUT2D eigenvalue weighted by molar-refractivity contribution is -0.118. The van der Waals surface area contributed by atoms with E-state index in [4.69, 9.17) is 49.9 Å². The highest BCUT2D eigenvalue weighted by Crippen LogP contribution is 2.27. The van der Waals surface area contributed by atoms with Crippen LogP contribution in [0, 0.1) is 0 Å². The Labute approximate surface area is 235 Å². The molecule has 0 bridgehead atoms. The molecule has 19 heteroatoms. The summed E-state index contributed by atoms with van der Waals surface area (Å²) in [7, 11) is -1.77. The van der Waals surface area contributed by atoms with Crippen LogP contribution in [-0.2, 0) is 20.0 Å². The fourth-order valence-corrected chi connectivity index (χ4v) is 2.33. The SMILES string of the molecule is COc1cc(C=CC(=O)NNC(N)N)ccc1O.COc1cc(C=CC(=O)NNC(N)N)ccc1O.O=S(=O)(O)O. The predicted octanol–water partition coefficient (Wildman–Crippen LogP) is -2.18. The highest BCUT2D eigenvalue weighted by atomic mass is 32.3. The average Bonchev–Trinajstić information content (AvgIpc) is 2.89. The molecule has 0 saturated carbocycles. The van der Waals surface area contributed by atoms with Gasteiger partial charge in [-0.25, -0.2) is 10.9 Å². The Morgan fingerprint density at radius 3 is 1.34 bits per heavy atom. The van der Waals surface area contributed by atoms with Crippen LogP contribution in [-0.4, -0.2) is 66.3 Å². The third kappa shape index (κ3) is 19.4. The third-order valence-corrected chi connectivity index (χ3v) is 3.99. The maximum atomic E-state index is 11.3. The molecule has 0 fully saturated rings. The predicted molar refractivity (Wildman–Crippen MR) is 148 cm³/mol. The van der Waals surface area contributed by atoms with Crippen molar-refractivity contribution in [2.24, 2.45) is 22.9 Å². The number of methoxy groups -OCH3 is 2. The molecule has 0 unspecified atom stereocenters. The standard InChI is InChI=1S/2C11H16N4O3.H2O4S/c2*1-18-9-6-7(2-4-8(9)16)3-5-10(17)14-15-11(12)13;1-5(2,3)4/h2*2-6,11,15-16H,12-13H2,1H3,(H,14,17);(H2,1,2,3,4). The first-order valence-electron chi connectivity index (χ1n) is 11.0. The number of nitrogens with one attached hydrogen (secondary N) is 4. The fourth-order valence-electron chi connectivity index (χ4n) is 2.33. The zero-order valence-electron chi connectivity index (χ0n) is 21.9. The smallest absolute Gasteiger partial charge is 0.394 e. The molecule has 18 nitrogen and oxygen atoms in total. The van der Waals surface area contributed by atoms with Crippen LogP contribution < -0.4 is 54.1 Å². The molecule has 228 valence electrons. The molecular weight excluding hydrogens is 568 g/mol. The Balaban J connectivity index is 0.000000671. The van der Waals surface area contributed by atoms with Crippen LogP contribution in [0.2, 0.25) is 0 Å². The second-order valence-corrected chi connectivity index (χ2v) is 8.19. The monoisotopic (exact) mass is 602 g/mol. The van der Waals surface area contributed by atoms with Crippen molar-refractivity contribution in [2.45, 2.75) is 12.6 Å². The number of phenolic OH excluding ortho intramolecular Hbond substituents is 2. The minimum atomic E-state index is -4.67. The summed E-state index contributed by atoms with van der Waals surface area (Å²) in [6.07, 6.45) is 4.05. The molecule has 0 spiro atoms. The van der Waals surface area contributed by atoms with Gasteiger partial charge in [0, 0.05) is 12.2 Å². The van der Waals surface area contributed by atoms with Gasteiger partial charge in [-0.15, -0.1) is 0 Å². The van der Waals surface area contributed by atoms with Gasteiger partial charge in [0.1, 0.15) is 12.6 Å². The number of amides is 2. The van der Waals surface area contributed by atoms with E-state index >= 15 is 0 Å². The van der Waals surface area contributed by atoms with E-state index in [1.807, 2.05) is 0 Å². The maximum absolute atomic E-state index is 11.3. The van der Waals surface area contributed by atoms with E-state index in [2.05, 4.69) is 21.7 Å². The van der Waals surface area contributed by atoms with Crippen molar-refractivity contribution in [3.05, 3.63) is 59.7 Å². The number of benzene rings is 2. The highest BCUT2D eigenvalue weighted by molar-refractivity contribution is 7.79. The lowest BCUT2D eigenvalue weighted by atomic mass is 10.2. The zero-order chi connectivity index (χ0) is 31.6. The Bertz CT molecular complexity index is 1200. The van der Waals surface area contributed by atoms with E-state index in [0.717, 1.165) is 0 Å². The summed E-state index contributed by atoms with van der Waals surface area (Å²) in [5.41, 5.74) is 31.4. The Kier molecular flexibility index (Phi) is 16.9. The van der Waals surface area contributed by atoms with Gasteiger partial charge >= 0.3 is 10.4 Å². The van der Waals surface area contributed by atoms with Crippen LogP contribution in [0.1, 0.15) is 11.1 Å². The minimum absolute atomic E-state index is 0.0369. The molecule has 0 atom stereocenters. The van der Waals surface area contributed by atoms with Gasteiger partial charge in [0.15, 0.2) is 23.0 Å². The number of ether oxygens (including phenoxy) is 2. The van der Waals surface area contributed by atoms with Crippen molar-refractivity contribution in [2.75, 3.05) is 14.2 Å². The van der Waals surface area contributed by atoms with Crippen LogP contribution in [0.25, 0.3) is 12.2 Å². The van der Waals surface area contributed by atoms with Crippen LogP contribution in [0.15, 0.2) is 48.6 Å². The highest BCUT2D eigenvalue weighted by Gasteiger charge is 2.03. The van der Waals surface area contributed by atoms with E-state index in [9.17, 15) is 19.8 Å². The Morgan fingerprint density at radius 2 is 1.07 bits per heavy atom. The van der Waals surface area contributed by atoms with Crippen LogP contribution in [0.4, 0.5) is 0 Å². The van der Waals surface area contributed by atoms with E-state index in [1.54, 1.807) is 36.4 Å². The molecule has 2 aromatic carbocycles. The van der Waals surface area contributed by atoms with Crippen molar-refractivity contribution in [1.29, 1.82) is 0 Å².